The highest BCUT2D eigenvalue weighted by atomic mass is 16.3. The Morgan fingerprint density at radius 2 is 0.800 bits per heavy atom. The highest BCUT2D eigenvalue weighted by molar-refractivity contribution is 6.07. The van der Waals surface area contributed by atoms with E-state index in [4.69, 9.17) is 5.84 Å². The fraction of sp³-hybridized carbons (Fsp3) is 0.471. The molecule has 0 fully saturated rings. The van der Waals surface area contributed by atoms with Gasteiger partial charge in [-0.1, -0.05) is 83.1 Å². The van der Waals surface area contributed by atoms with Gasteiger partial charge in [0.15, 0.2) is 0 Å². The quantitative estimate of drug-likeness (QED) is 0.162. The van der Waals surface area contributed by atoms with Crippen molar-refractivity contribution in [1.29, 1.82) is 0 Å². The number of rotatable bonds is 4. The summed E-state index contributed by atoms with van der Waals surface area (Å²) in [6.45, 7) is 24.2. The van der Waals surface area contributed by atoms with Gasteiger partial charge in [-0.05, 0) is 69.2 Å². The van der Waals surface area contributed by atoms with Crippen molar-refractivity contribution in [3.63, 3.8) is 0 Å². The van der Waals surface area contributed by atoms with Gasteiger partial charge >= 0.3 is 0 Å². The standard InChI is InChI=1S/C34H48N2O4/c1-31(2,3)23-17-21(18-24(29(23)39)32(4,5)6)13-15-27(37)36(35)28(38)16-14-22-19-25(33(7,8)9)30(40)26(20-22)34(10,11)12/h13-20,39-40H,35H2,1-12H3/b15-13+,16-14+. The maximum absolute atomic E-state index is 12.8. The minimum absolute atomic E-state index is 0.253. The first-order valence-electron chi connectivity index (χ1n) is 13.7. The van der Waals surface area contributed by atoms with Crippen molar-refractivity contribution in [2.24, 2.45) is 5.84 Å². The van der Waals surface area contributed by atoms with Crippen LogP contribution in [-0.4, -0.2) is 27.0 Å². The summed E-state index contributed by atoms with van der Waals surface area (Å²) >= 11 is 0. The van der Waals surface area contributed by atoms with E-state index in [0.29, 0.717) is 5.01 Å². The van der Waals surface area contributed by atoms with Crippen LogP contribution in [0.3, 0.4) is 0 Å². The van der Waals surface area contributed by atoms with Gasteiger partial charge in [0.2, 0.25) is 0 Å². The fourth-order valence-corrected chi connectivity index (χ4v) is 4.40. The second-order valence-electron chi connectivity index (χ2n) is 14.6. The first-order valence-corrected chi connectivity index (χ1v) is 13.7. The van der Waals surface area contributed by atoms with Gasteiger partial charge in [0.25, 0.3) is 11.8 Å². The van der Waals surface area contributed by atoms with Crippen LogP contribution in [0.4, 0.5) is 0 Å². The van der Waals surface area contributed by atoms with Crippen LogP contribution < -0.4 is 5.84 Å². The predicted molar refractivity (Wildman–Crippen MR) is 165 cm³/mol. The molecule has 40 heavy (non-hydrogen) atoms. The van der Waals surface area contributed by atoms with Crippen molar-refractivity contribution in [2.45, 2.75) is 105 Å². The van der Waals surface area contributed by atoms with Crippen LogP contribution in [0.25, 0.3) is 12.2 Å². The van der Waals surface area contributed by atoms with Crippen LogP contribution in [0, 0.1) is 0 Å². The first kappa shape index (κ1) is 32.8. The zero-order chi connectivity index (χ0) is 31.0. The molecule has 0 radical (unpaired) electrons. The SMILES string of the molecule is CC(C)(C)c1cc(/C=C/C(=O)N(N)C(=O)/C=C/c2cc(C(C)(C)C)c(O)c(C(C)(C)C)c2)cc(C(C)(C)C)c1O. The summed E-state index contributed by atoms with van der Waals surface area (Å²) in [4.78, 5) is 25.6. The number of phenols is 2. The Hall–Kier alpha value is -3.38. The topological polar surface area (TPSA) is 104 Å². The molecule has 0 saturated heterocycles. The normalized spacial score (nSPS) is 13.3. The van der Waals surface area contributed by atoms with Gasteiger partial charge in [0.05, 0.1) is 0 Å². The molecule has 0 heterocycles. The van der Waals surface area contributed by atoms with Crippen LogP contribution in [0.15, 0.2) is 36.4 Å². The first-order chi connectivity index (χ1) is 17.9. The minimum atomic E-state index is -0.672. The second-order valence-corrected chi connectivity index (χ2v) is 14.6. The molecule has 4 N–H and O–H groups in total. The van der Waals surface area contributed by atoms with E-state index in [9.17, 15) is 19.8 Å². The third-order valence-corrected chi connectivity index (χ3v) is 6.81. The molecule has 2 amide bonds. The zero-order valence-corrected chi connectivity index (χ0v) is 26.4. The summed E-state index contributed by atoms with van der Waals surface area (Å²) in [6.07, 6.45) is 5.72. The van der Waals surface area contributed by atoms with Gasteiger partial charge in [-0.2, -0.15) is 0 Å². The lowest BCUT2D eigenvalue weighted by atomic mass is 9.78. The summed E-state index contributed by atoms with van der Waals surface area (Å²) in [5.41, 5.74) is 3.29. The highest BCUT2D eigenvalue weighted by Gasteiger charge is 2.27. The molecule has 0 aliphatic rings. The molecule has 0 spiro atoms. The van der Waals surface area contributed by atoms with Crippen LogP contribution >= 0.6 is 0 Å². The van der Waals surface area contributed by atoms with E-state index in [1.165, 1.54) is 12.2 Å². The van der Waals surface area contributed by atoms with Crippen LogP contribution in [-0.2, 0) is 31.2 Å². The number of hydrogen-bond acceptors (Lipinski definition) is 5. The Morgan fingerprint density at radius 1 is 0.575 bits per heavy atom. The Balaban J connectivity index is 2.37. The third kappa shape index (κ3) is 7.85. The van der Waals surface area contributed by atoms with E-state index in [0.717, 1.165) is 33.4 Å². The van der Waals surface area contributed by atoms with Crippen molar-refractivity contribution in [3.05, 3.63) is 69.8 Å². The molecular formula is C34H48N2O4. The Labute approximate surface area is 240 Å². The van der Waals surface area contributed by atoms with Crippen molar-refractivity contribution in [2.75, 3.05) is 0 Å². The van der Waals surface area contributed by atoms with E-state index < -0.39 is 11.8 Å². The molecule has 0 aromatic heterocycles. The highest BCUT2D eigenvalue weighted by Crippen LogP contribution is 2.41. The molecule has 218 valence electrons. The number of phenolic OH excluding ortho intramolecular Hbond substituents is 2. The lowest BCUT2D eigenvalue weighted by Crippen LogP contribution is -2.40. The number of aromatic hydroxyl groups is 2. The lowest BCUT2D eigenvalue weighted by Gasteiger charge is -2.27. The predicted octanol–water partition coefficient (Wildman–Crippen LogP) is 7.24. The second kappa shape index (κ2) is 11.2. The number of amides is 2. The largest absolute Gasteiger partial charge is 0.507 e. The summed E-state index contributed by atoms with van der Waals surface area (Å²) < 4.78 is 0. The zero-order valence-electron chi connectivity index (χ0n) is 26.4. The molecule has 0 saturated carbocycles. The maximum atomic E-state index is 12.8. The van der Waals surface area contributed by atoms with Gasteiger partial charge in [-0.15, -0.1) is 0 Å². The summed E-state index contributed by atoms with van der Waals surface area (Å²) in [5.74, 6) is 5.05. The molecule has 6 nitrogen and oxygen atoms in total. The van der Waals surface area contributed by atoms with Gasteiger partial charge < -0.3 is 10.2 Å². The summed E-state index contributed by atoms with van der Waals surface area (Å²) in [7, 11) is 0. The smallest absolute Gasteiger partial charge is 0.267 e. The van der Waals surface area contributed by atoms with Gasteiger partial charge in [-0.25, -0.2) is 10.9 Å². The number of nitrogens with zero attached hydrogens (tertiary/aromatic N) is 1. The van der Waals surface area contributed by atoms with Crippen molar-refractivity contribution in [1.82, 2.24) is 5.01 Å². The molecule has 2 rings (SSSR count). The van der Waals surface area contributed by atoms with Crippen molar-refractivity contribution >= 4 is 24.0 Å². The fourth-order valence-electron chi connectivity index (χ4n) is 4.40. The van der Waals surface area contributed by atoms with Gasteiger partial charge in [-0.3, -0.25) is 9.59 Å². The molecule has 0 atom stereocenters. The number of benzene rings is 2. The number of carbonyl (C=O) groups excluding carboxylic acids is 2. The average Bonchev–Trinajstić information content (AvgIpc) is 2.78. The molecule has 0 aliphatic carbocycles. The molecule has 0 bridgehead atoms. The van der Waals surface area contributed by atoms with E-state index >= 15 is 0 Å². The van der Waals surface area contributed by atoms with E-state index in [1.807, 2.05) is 107 Å². The maximum Gasteiger partial charge on any atom is 0.267 e. The molecule has 0 aliphatic heterocycles. The lowest BCUT2D eigenvalue weighted by molar-refractivity contribution is -0.138. The molecule has 2 aromatic rings. The summed E-state index contributed by atoms with van der Waals surface area (Å²) in [5, 5.41) is 22.4. The van der Waals surface area contributed by atoms with E-state index in [-0.39, 0.29) is 33.2 Å². The molecule has 6 heteroatoms. The Kier molecular flexibility index (Phi) is 9.23. The van der Waals surface area contributed by atoms with Gasteiger partial charge in [0, 0.05) is 34.4 Å². The number of hydrogen-bond donors (Lipinski definition) is 3. The van der Waals surface area contributed by atoms with Crippen molar-refractivity contribution < 1.29 is 19.8 Å². The van der Waals surface area contributed by atoms with Crippen LogP contribution in [0.5, 0.6) is 11.5 Å². The Bertz CT molecular complexity index is 1160. The number of imide groups is 1. The van der Waals surface area contributed by atoms with Gasteiger partial charge in [0.1, 0.15) is 11.5 Å². The van der Waals surface area contributed by atoms with Crippen LogP contribution in [0.1, 0.15) is 116 Å². The third-order valence-electron chi connectivity index (χ3n) is 6.81. The summed E-state index contributed by atoms with van der Waals surface area (Å²) in [6, 6.07) is 7.39. The number of hydrazine groups is 1. The molecular weight excluding hydrogens is 500 g/mol. The average molecular weight is 549 g/mol. The number of nitrogens with two attached hydrogens (primary N) is 1. The van der Waals surface area contributed by atoms with Crippen molar-refractivity contribution in [3.8, 4) is 11.5 Å². The minimum Gasteiger partial charge on any atom is -0.507 e. The van der Waals surface area contributed by atoms with E-state index in [1.54, 1.807) is 12.2 Å². The molecule has 2 aromatic carbocycles. The number of carbonyl (C=O) groups is 2. The molecule has 0 unspecified atom stereocenters. The monoisotopic (exact) mass is 548 g/mol. The van der Waals surface area contributed by atoms with E-state index in [2.05, 4.69) is 0 Å². The Morgan fingerprint density at radius 3 is 1.00 bits per heavy atom. The van der Waals surface area contributed by atoms with Crippen LogP contribution in [0.2, 0.25) is 0 Å².